The summed E-state index contributed by atoms with van der Waals surface area (Å²) in [6, 6.07) is 8.34. The Morgan fingerprint density at radius 3 is 2.48 bits per heavy atom. The number of thiocarbonyl (C=S) groups is 1. The first-order valence-electron chi connectivity index (χ1n) is 7.93. The third kappa shape index (κ3) is 3.89. The van der Waals surface area contributed by atoms with E-state index in [9.17, 15) is 24.8 Å². The zero-order valence-corrected chi connectivity index (χ0v) is 16.2. The Hall–Kier alpha value is -3.50. The Labute approximate surface area is 174 Å². The van der Waals surface area contributed by atoms with Gasteiger partial charge in [0.1, 0.15) is 11.3 Å². The van der Waals surface area contributed by atoms with Crippen molar-refractivity contribution in [2.24, 2.45) is 0 Å². The molecule has 0 bridgehead atoms. The summed E-state index contributed by atoms with van der Waals surface area (Å²) < 4.78 is 4.86. The summed E-state index contributed by atoms with van der Waals surface area (Å²) in [4.78, 5) is 36.6. The number of amides is 2. The molecular formula is C18H11ClN3O6S-. The smallest absolute Gasteiger partial charge is 0.270 e. The van der Waals surface area contributed by atoms with Gasteiger partial charge in [0.25, 0.3) is 17.5 Å². The maximum absolute atomic E-state index is 12.9. The van der Waals surface area contributed by atoms with Gasteiger partial charge in [-0.25, -0.2) is 0 Å². The standard InChI is InChI=1S/C18H12ClN3O6S/c1-28-14-8-9(7-13(15(14)23)22(26)27)6-12-16(24)20-18(29)21(17(12)25)11-4-2-10(19)3-5-11/h2-8,23H,1H3,(H,20,24,29)/p-1/b12-6-. The van der Waals surface area contributed by atoms with Crippen LogP contribution < -0.4 is 20.1 Å². The summed E-state index contributed by atoms with van der Waals surface area (Å²) >= 11 is 10.9. The number of nitro groups is 1. The van der Waals surface area contributed by atoms with E-state index >= 15 is 0 Å². The molecule has 0 atom stereocenters. The van der Waals surface area contributed by atoms with Gasteiger partial charge < -0.3 is 9.84 Å². The van der Waals surface area contributed by atoms with Crippen molar-refractivity contribution in [2.75, 3.05) is 12.0 Å². The van der Waals surface area contributed by atoms with Crippen molar-refractivity contribution >= 4 is 58.2 Å². The van der Waals surface area contributed by atoms with Gasteiger partial charge in [-0.1, -0.05) is 11.6 Å². The van der Waals surface area contributed by atoms with Gasteiger partial charge in [-0.2, -0.15) is 0 Å². The van der Waals surface area contributed by atoms with Crippen molar-refractivity contribution in [2.45, 2.75) is 0 Å². The van der Waals surface area contributed by atoms with Crippen LogP contribution in [-0.2, 0) is 9.59 Å². The average molecular weight is 433 g/mol. The van der Waals surface area contributed by atoms with Crippen molar-refractivity contribution in [3.63, 3.8) is 0 Å². The lowest BCUT2D eigenvalue weighted by molar-refractivity contribution is -0.398. The summed E-state index contributed by atoms with van der Waals surface area (Å²) in [5.74, 6) is -2.73. The molecule has 0 spiro atoms. The zero-order chi connectivity index (χ0) is 21.3. The van der Waals surface area contributed by atoms with Gasteiger partial charge in [0.05, 0.1) is 17.7 Å². The number of halogens is 1. The largest absolute Gasteiger partial charge is 0.865 e. The van der Waals surface area contributed by atoms with Gasteiger partial charge in [-0.05, 0) is 54.2 Å². The number of nitrogens with one attached hydrogen (secondary N) is 1. The fourth-order valence-corrected chi connectivity index (χ4v) is 3.03. The van der Waals surface area contributed by atoms with E-state index in [-0.39, 0.29) is 22.0 Å². The molecule has 2 aromatic carbocycles. The van der Waals surface area contributed by atoms with Crippen LogP contribution in [0.25, 0.3) is 6.08 Å². The molecule has 0 radical (unpaired) electrons. The van der Waals surface area contributed by atoms with Crippen LogP contribution in [0.4, 0.5) is 11.4 Å². The number of rotatable bonds is 4. The SMILES string of the molecule is COc1cc(/C=C2/C(=O)NC(=S)N(c3ccc(Cl)cc3)C2=O)cc([N+](=O)[O-])c1[O-]. The first-order chi connectivity index (χ1) is 13.7. The van der Waals surface area contributed by atoms with E-state index in [1.165, 1.54) is 13.2 Å². The number of anilines is 1. The highest BCUT2D eigenvalue weighted by molar-refractivity contribution is 7.80. The lowest BCUT2D eigenvalue weighted by Gasteiger charge is -2.29. The highest BCUT2D eigenvalue weighted by Crippen LogP contribution is 2.35. The summed E-state index contributed by atoms with van der Waals surface area (Å²) in [7, 11) is 1.18. The summed E-state index contributed by atoms with van der Waals surface area (Å²) in [6.45, 7) is 0. The zero-order valence-electron chi connectivity index (χ0n) is 14.7. The maximum atomic E-state index is 12.9. The van der Waals surface area contributed by atoms with Crippen LogP contribution in [0.2, 0.25) is 5.02 Å². The average Bonchev–Trinajstić information content (AvgIpc) is 2.67. The molecular weight excluding hydrogens is 422 g/mol. The van der Waals surface area contributed by atoms with Crippen LogP contribution in [0.3, 0.4) is 0 Å². The van der Waals surface area contributed by atoms with E-state index in [0.717, 1.165) is 17.0 Å². The van der Waals surface area contributed by atoms with Gasteiger partial charge in [0.15, 0.2) is 5.11 Å². The fourth-order valence-electron chi connectivity index (χ4n) is 2.63. The Kier molecular flexibility index (Phi) is 5.48. The molecule has 1 fully saturated rings. The molecule has 2 amide bonds. The first-order valence-corrected chi connectivity index (χ1v) is 8.72. The summed E-state index contributed by atoms with van der Waals surface area (Å²) in [5, 5.41) is 25.8. The molecule has 1 aliphatic heterocycles. The quantitative estimate of drug-likeness (QED) is 0.258. The minimum atomic E-state index is -0.914. The monoisotopic (exact) mass is 432 g/mol. The molecule has 11 heteroatoms. The summed E-state index contributed by atoms with van der Waals surface area (Å²) in [5.41, 5.74) is -0.641. The normalized spacial score (nSPS) is 15.4. The second-order valence-electron chi connectivity index (χ2n) is 5.76. The first kappa shape index (κ1) is 20.2. The molecule has 1 saturated heterocycles. The summed E-state index contributed by atoms with van der Waals surface area (Å²) in [6.07, 6.45) is 1.12. The van der Waals surface area contributed by atoms with Gasteiger partial charge in [0.2, 0.25) is 0 Å². The third-order valence-electron chi connectivity index (χ3n) is 3.97. The second-order valence-corrected chi connectivity index (χ2v) is 6.59. The van der Waals surface area contributed by atoms with E-state index in [1.807, 2.05) is 0 Å². The third-order valence-corrected chi connectivity index (χ3v) is 4.51. The van der Waals surface area contributed by atoms with Crippen LogP contribution in [0.1, 0.15) is 5.56 Å². The molecule has 29 heavy (non-hydrogen) atoms. The van der Waals surface area contributed by atoms with E-state index in [2.05, 4.69) is 5.32 Å². The van der Waals surface area contributed by atoms with Crippen molar-refractivity contribution in [1.29, 1.82) is 0 Å². The molecule has 0 aliphatic carbocycles. The minimum Gasteiger partial charge on any atom is -0.865 e. The van der Waals surface area contributed by atoms with Crippen LogP contribution in [0.5, 0.6) is 11.5 Å². The number of ether oxygens (including phenoxy) is 1. The van der Waals surface area contributed by atoms with Crippen LogP contribution in [0.15, 0.2) is 42.0 Å². The number of carbonyl (C=O) groups is 2. The van der Waals surface area contributed by atoms with Gasteiger partial charge in [-0.15, -0.1) is 0 Å². The van der Waals surface area contributed by atoms with Crippen molar-refractivity contribution in [1.82, 2.24) is 5.32 Å². The van der Waals surface area contributed by atoms with Crippen molar-refractivity contribution in [3.05, 3.63) is 62.7 Å². The van der Waals surface area contributed by atoms with E-state index in [0.29, 0.717) is 10.7 Å². The number of methoxy groups -OCH3 is 1. The highest BCUT2D eigenvalue weighted by atomic mass is 35.5. The molecule has 1 heterocycles. The van der Waals surface area contributed by atoms with Gasteiger partial charge in [0, 0.05) is 16.8 Å². The molecule has 0 unspecified atom stereocenters. The Bertz CT molecular complexity index is 1080. The fraction of sp³-hybridized carbons (Fsp3) is 0.0556. The Morgan fingerprint density at radius 1 is 1.24 bits per heavy atom. The number of benzene rings is 2. The van der Waals surface area contributed by atoms with Crippen molar-refractivity contribution in [3.8, 4) is 11.5 Å². The number of nitro benzene ring substituents is 1. The van der Waals surface area contributed by atoms with E-state index < -0.39 is 28.2 Å². The van der Waals surface area contributed by atoms with Crippen LogP contribution in [0, 0.1) is 10.1 Å². The lowest BCUT2D eigenvalue weighted by Crippen LogP contribution is -2.54. The lowest BCUT2D eigenvalue weighted by atomic mass is 10.1. The Balaban J connectivity index is 2.08. The maximum Gasteiger partial charge on any atom is 0.270 e. The van der Waals surface area contributed by atoms with E-state index in [4.69, 9.17) is 28.6 Å². The highest BCUT2D eigenvalue weighted by Gasteiger charge is 2.34. The van der Waals surface area contributed by atoms with Gasteiger partial charge >= 0.3 is 0 Å². The molecule has 148 valence electrons. The molecule has 3 rings (SSSR count). The number of carbonyl (C=O) groups excluding carboxylic acids is 2. The second kappa shape index (κ2) is 7.86. The van der Waals surface area contributed by atoms with Gasteiger partial charge in [-0.3, -0.25) is 29.9 Å². The van der Waals surface area contributed by atoms with Crippen LogP contribution in [-0.4, -0.2) is 29.0 Å². The topological polar surface area (TPSA) is 125 Å². The predicted molar refractivity (Wildman–Crippen MR) is 107 cm³/mol. The Morgan fingerprint density at radius 2 is 1.90 bits per heavy atom. The molecule has 1 aliphatic rings. The minimum absolute atomic E-state index is 0.0653. The predicted octanol–water partition coefficient (Wildman–Crippen LogP) is 2.16. The number of hydrogen-bond acceptors (Lipinski definition) is 7. The molecule has 0 saturated carbocycles. The number of nitrogens with zero attached hydrogens (tertiary/aromatic N) is 2. The van der Waals surface area contributed by atoms with Crippen LogP contribution >= 0.6 is 23.8 Å². The molecule has 0 aromatic heterocycles. The molecule has 2 aromatic rings. The molecule has 9 nitrogen and oxygen atoms in total. The molecule has 1 N–H and O–H groups in total. The van der Waals surface area contributed by atoms with Crippen molar-refractivity contribution < 1.29 is 24.4 Å². The number of hydrogen-bond donors (Lipinski definition) is 1. The van der Waals surface area contributed by atoms with E-state index in [1.54, 1.807) is 24.3 Å².